The van der Waals surface area contributed by atoms with Crippen LogP contribution in [0.1, 0.15) is 22.3 Å². The Morgan fingerprint density at radius 3 is 3.14 bits per heavy atom. The summed E-state index contributed by atoms with van der Waals surface area (Å²) in [6.45, 7) is -0.397. The fourth-order valence-electron chi connectivity index (χ4n) is 1.63. The number of aryl methyl sites for hydroxylation is 1. The Morgan fingerprint density at radius 2 is 2.36 bits per heavy atom. The summed E-state index contributed by atoms with van der Waals surface area (Å²) in [4.78, 5) is 12.5. The molecular weight excluding hydrogens is 196 g/mol. The van der Waals surface area contributed by atoms with E-state index >= 15 is 0 Å². The van der Waals surface area contributed by atoms with Crippen LogP contribution in [0.5, 0.6) is 0 Å². The minimum Gasteiger partial charge on any atom is -0.388 e. The highest BCUT2D eigenvalue weighted by Gasteiger charge is 2.12. The average Bonchev–Trinajstić information content (AvgIpc) is 2.27. The molecular formula is C11H12O2S. The van der Waals surface area contributed by atoms with Gasteiger partial charge in [0.05, 0.1) is 0 Å². The van der Waals surface area contributed by atoms with E-state index in [4.69, 9.17) is 5.11 Å². The van der Waals surface area contributed by atoms with Gasteiger partial charge in [-0.1, -0.05) is 6.07 Å². The van der Waals surface area contributed by atoms with Crippen molar-refractivity contribution in [2.75, 3.05) is 12.4 Å². The van der Waals surface area contributed by atoms with Crippen molar-refractivity contribution in [3.63, 3.8) is 0 Å². The molecule has 0 aliphatic carbocycles. The molecule has 3 heteroatoms. The molecule has 0 unspecified atom stereocenters. The van der Waals surface area contributed by atoms with Crippen LogP contribution in [-0.4, -0.2) is 23.2 Å². The van der Waals surface area contributed by atoms with Gasteiger partial charge in [0.1, 0.15) is 6.61 Å². The number of aliphatic hydroxyl groups is 1. The quantitative estimate of drug-likeness (QED) is 0.754. The number of fused-ring (bicyclic) bond motifs is 1. The molecule has 1 N–H and O–H groups in total. The Hall–Kier alpha value is -0.800. The van der Waals surface area contributed by atoms with E-state index in [-0.39, 0.29) is 5.78 Å². The second-order valence-electron chi connectivity index (χ2n) is 3.36. The molecule has 2 rings (SSSR count). The molecule has 1 aromatic carbocycles. The van der Waals surface area contributed by atoms with E-state index in [1.165, 1.54) is 22.6 Å². The maximum Gasteiger partial charge on any atom is 0.188 e. The second-order valence-corrected chi connectivity index (χ2v) is 4.49. The van der Waals surface area contributed by atoms with Crippen LogP contribution in [0.2, 0.25) is 0 Å². The number of carbonyl (C=O) groups excluding carboxylic acids is 1. The third-order valence-electron chi connectivity index (χ3n) is 2.37. The molecule has 1 aromatic rings. The van der Waals surface area contributed by atoms with Crippen molar-refractivity contribution in [3.05, 3.63) is 29.3 Å². The number of aliphatic hydroxyl groups excluding tert-OH is 1. The van der Waals surface area contributed by atoms with Gasteiger partial charge in [0.25, 0.3) is 0 Å². The van der Waals surface area contributed by atoms with Gasteiger partial charge in [0, 0.05) is 10.5 Å². The van der Waals surface area contributed by atoms with Crippen LogP contribution in [0.25, 0.3) is 0 Å². The van der Waals surface area contributed by atoms with Crippen LogP contribution in [-0.2, 0) is 6.42 Å². The van der Waals surface area contributed by atoms with Crippen LogP contribution < -0.4 is 0 Å². The standard InChI is InChI=1S/C11H12O2S/c12-7-10(13)8-3-4-11-9(6-8)2-1-5-14-11/h3-4,6,12H,1-2,5,7H2. The zero-order valence-electron chi connectivity index (χ0n) is 7.82. The number of carbonyl (C=O) groups is 1. The summed E-state index contributed by atoms with van der Waals surface area (Å²) in [5.41, 5.74) is 1.88. The lowest BCUT2D eigenvalue weighted by molar-refractivity contribution is 0.0903. The first-order valence-corrected chi connectivity index (χ1v) is 5.69. The van der Waals surface area contributed by atoms with Gasteiger partial charge in [-0.25, -0.2) is 0 Å². The van der Waals surface area contributed by atoms with E-state index < -0.39 is 6.61 Å². The predicted molar refractivity (Wildman–Crippen MR) is 56.9 cm³/mol. The highest BCUT2D eigenvalue weighted by atomic mass is 32.2. The van der Waals surface area contributed by atoms with Crippen LogP contribution >= 0.6 is 11.8 Å². The number of Topliss-reactive ketones (excluding diaryl/α,β-unsaturated/α-hetero) is 1. The first-order valence-electron chi connectivity index (χ1n) is 4.71. The highest BCUT2D eigenvalue weighted by Crippen LogP contribution is 2.30. The topological polar surface area (TPSA) is 37.3 Å². The zero-order valence-corrected chi connectivity index (χ0v) is 8.64. The van der Waals surface area contributed by atoms with Crippen LogP contribution in [0.15, 0.2) is 23.1 Å². The summed E-state index contributed by atoms with van der Waals surface area (Å²) >= 11 is 1.84. The van der Waals surface area contributed by atoms with Crippen LogP contribution in [0, 0.1) is 0 Å². The maximum absolute atomic E-state index is 11.2. The monoisotopic (exact) mass is 208 g/mol. The van der Waals surface area contributed by atoms with Crippen LogP contribution in [0.4, 0.5) is 0 Å². The van der Waals surface area contributed by atoms with Gasteiger partial charge in [-0.3, -0.25) is 4.79 Å². The lowest BCUT2D eigenvalue weighted by Gasteiger charge is -2.15. The maximum atomic E-state index is 11.2. The predicted octanol–water partition coefficient (Wildman–Crippen LogP) is 1.90. The fourth-order valence-corrected chi connectivity index (χ4v) is 2.64. The molecule has 0 aromatic heterocycles. The van der Waals surface area contributed by atoms with Crippen molar-refractivity contribution < 1.29 is 9.90 Å². The van der Waals surface area contributed by atoms with E-state index in [2.05, 4.69) is 0 Å². The zero-order chi connectivity index (χ0) is 9.97. The fraction of sp³-hybridized carbons (Fsp3) is 0.364. The van der Waals surface area contributed by atoms with Crippen LogP contribution in [0.3, 0.4) is 0 Å². The Kier molecular flexibility index (Phi) is 2.89. The summed E-state index contributed by atoms with van der Waals surface area (Å²) < 4.78 is 0. The molecule has 0 fully saturated rings. The lowest BCUT2D eigenvalue weighted by atomic mass is 10.0. The van der Waals surface area contributed by atoms with Gasteiger partial charge in [-0.05, 0) is 36.3 Å². The van der Waals surface area contributed by atoms with E-state index in [9.17, 15) is 4.79 Å². The van der Waals surface area contributed by atoms with Crippen molar-refractivity contribution in [3.8, 4) is 0 Å². The van der Waals surface area contributed by atoms with E-state index in [0.717, 1.165) is 6.42 Å². The highest BCUT2D eigenvalue weighted by molar-refractivity contribution is 7.99. The SMILES string of the molecule is O=C(CO)c1ccc2c(c1)CCCS2. The number of rotatable bonds is 2. The molecule has 0 spiro atoms. The Bertz CT molecular complexity index is 360. The van der Waals surface area contributed by atoms with E-state index in [0.29, 0.717) is 5.56 Å². The molecule has 0 saturated carbocycles. The Morgan fingerprint density at radius 1 is 1.50 bits per heavy atom. The summed E-state index contributed by atoms with van der Waals surface area (Å²) in [7, 11) is 0. The molecule has 14 heavy (non-hydrogen) atoms. The third kappa shape index (κ3) is 1.83. The number of ketones is 1. The minimum absolute atomic E-state index is 0.191. The van der Waals surface area contributed by atoms with E-state index in [1.807, 2.05) is 23.9 Å². The summed E-state index contributed by atoms with van der Waals surface area (Å²) in [6, 6.07) is 5.71. The first kappa shape index (κ1) is 9.74. The normalized spacial score (nSPS) is 14.9. The van der Waals surface area contributed by atoms with Crippen molar-refractivity contribution in [2.45, 2.75) is 17.7 Å². The molecule has 1 aliphatic rings. The average molecular weight is 208 g/mol. The third-order valence-corrected chi connectivity index (χ3v) is 3.58. The summed E-state index contributed by atoms with van der Waals surface area (Å²) in [5, 5.41) is 8.74. The van der Waals surface area contributed by atoms with Crippen molar-refractivity contribution >= 4 is 17.5 Å². The van der Waals surface area contributed by atoms with Gasteiger partial charge in [-0.15, -0.1) is 11.8 Å². The van der Waals surface area contributed by atoms with Gasteiger partial charge >= 0.3 is 0 Å². The second kappa shape index (κ2) is 4.15. The first-order chi connectivity index (χ1) is 6.81. The lowest BCUT2D eigenvalue weighted by Crippen LogP contribution is -2.06. The van der Waals surface area contributed by atoms with Gasteiger partial charge in [0.2, 0.25) is 0 Å². The molecule has 1 heterocycles. The number of thioether (sulfide) groups is 1. The molecule has 0 amide bonds. The number of hydrogen-bond donors (Lipinski definition) is 1. The van der Waals surface area contributed by atoms with Gasteiger partial charge in [-0.2, -0.15) is 0 Å². The largest absolute Gasteiger partial charge is 0.388 e. The van der Waals surface area contributed by atoms with Crippen molar-refractivity contribution in [1.29, 1.82) is 0 Å². The molecule has 0 bridgehead atoms. The minimum atomic E-state index is -0.397. The molecule has 2 nitrogen and oxygen atoms in total. The molecule has 74 valence electrons. The summed E-state index contributed by atoms with van der Waals surface area (Å²) in [5.74, 6) is 0.976. The molecule has 0 saturated heterocycles. The Balaban J connectivity index is 2.33. The van der Waals surface area contributed by atoms with Crippen molar-refractivity contribution in [2.24, 2.45) is 0 Å². The molecule has 0 atom stereocenters. The molecule has 0 radical (unpaired) electrons. The molecule has 1 aliphatic heterocycles. The summed E-state index contributed by atoms with van der Waals surface area (Å²) in [6.07, 6.45) is 2.23. The number of hydrogen-bond acceptors (Lipinski definition) is 3. The van der Waals surface area contributed by atoms with Crippen molar-refractivity contribution in [1.82, 2.24) is 0 Å². The van der Waals surface area contributed by atoms with Gasteiger partial charge < -0.3 is 5.11 Å². The number of benzene rings is 1. The van der Waals surface area contributed by atoms with Gasteiger partial charge in [0.15, 0.2) is 5.78 Å². The smallest absolute Gasteiger partial charge is 0.188 e. The van der Waals surface area contributed by atoms with E-state index in [1.54, 1.807) is 6.07 Å². The Labute approximate surface area is 87.3 Å².